The molecule has 0 saturated carbocycles. The number of fused-ring (bicyclic) bond motifs is 2. The van der Waals surface area contributed by atoms with Crippen LogP contribution in [0.2, 0.25) is 0 Å². The number of hydrogen-bond donors (Lipinski definition) is 1. The van der Waals surface area contributed by atoms with Gasteiger partial charge in [-0.05, 0) is 23.8 Å². The summed E-state index contributed by atoms with van der Waals surface area (Å²) < 4.78 is 12.7. The van der Waals surface area contributed by atoms with Crippen LogP contribution in [0.1, 0.15) is 15.9 Å². The van der Waals surface area contributed by atoms with Crippen LogP contribution in [0.5, 0.6) is 11.5 Å². The number of rotatable bonds is 5. The van der Waals surface area contributed by atoms with Gasteiger partial charge in [0.05, 0.1) is 6.54 Å². The van der Waals surface area contributed by atoms with Crippen molar-refractivity contribution in [2.75, 3.05) is 13.3 Å². The topological polar surface area (TPSA) is 52.5 Å². The van der Waals surface area contributed by atoms with Gasteiger partial charge in [0.15, 0.2) is 17.3 Å². The van der Waals surface area contributed by atoms with Gasteiger partial charge in [-0.1, -0.05) is 24.3 Å². The van der Waals surface area contributed by atoms with E-state index in [0.717, 1.165) is 33.5 Å². The lowest BCUT2D eigenvalue weighted by Crippen LogP contribution is -2.22. The molecule has 0 amide bonds. The maximum absolute atomic E-state index is 12.5. The number of nitrogens with zero attached hydrogens (tertiary/aromatic N) is 1. The zero-order valence-corrected chi connectivity index (χ0v) is 13.4. The predicted octanol–water partition coefficient (Wildman–Crippen LogP) is 2.88. The maximum Gasteiger partial charge on any atom is 0.231 e. The SMILES string of the molecule is Cn1cc(C(=O)CNCc2ccc3c(c2)OCO3)c2ccccc21. The Morgan fingerprint density at radius 1 is 1.17 bits per heavy atom. The summed E-state index contributed by atoms with van der Waals surface area (Å²) in [4.78, 5) is 12.5. The molecule has 0 atom stereocenters. The zero-order chi connectivity index (χ0) is 16.5. The summed E-state index contributed by atoms with van der Waals surface area (Å²) in [5.74, 6) is 1.62. The van der Waals surface area contributed by atoms with Gasteiger partial charge in [0.25, 0.3) is 0 Å². The second-order valence-corrected chi connectivity index (χ2v) is 5.89. The van der Waals surface area contributed by atoms with Gasteiger partial charge in [0, 0.05) is 36.3 Å². The van der Waals surface area contributed by atoms with Crippen LogP contribution in [0.4, 0.5) is 0 Å². The number of benzene rings is 2. The Labute approximate surface area is 139 Å². The van der Waals surface area contributed by atoms with Crippen LogP contribution in [-0.4, -0.2) is 23.7 Å². The summed E-state index contributed by atoms with van der Waals surface area (Å²) in [6.07, 6.45) is 1.90. The molecule has 0 saturated heterocycles. The average Bonchev–Trinajstić information content (AvgIpc) is 3.19. The van der Waals surface area contributed by atoms with Gasteiger partial charge in [-0.25, -0.2) is 0 Å². The van der Waals surface area contributed by atoms with Crippen molar-refractivity contribution in [2.45, 2.75) is 6.54 Å². The fraction of sp³-hybridized carbons (Fsp3) is 0.211. The Morgan fingerprint density at radius 2 is 2.00 bits per heavy atom. The summed E-state index contributed by atoms with van der Waals surface area (Å²) in [7, 11) is 1.96. The van der Waals surface area contributed by atoms with Gasteiger partial charge in [-0.2, -0.15) is 0 Å². The van der Waals surface area contributed by atoms with E-state index in [1.165, 1.54) is 0 Å². The molecule has 2 aromatic carbocycles. The Bertz CT molecular complexity index is 914. The molecule has 0 bridgehead atoms. The van der Waals surface area contributed by atoms with Crippen LogP contribution >= 0.6 is 0 Å². The third-order valence-corrected chi connectivity index (χ3v) is 4.25. The van der Waals surface area contributed by atoms with Gasteiger partial charge < -0.3 is 19.4 Å². The zero-order valence-electron chi connectivity index (χ0n) is 13.4. The first-order chi connectivity index (χ1) is 11.7. The molecule has 122 valence electrons. The normalized spacial score (nSPS) is 12.7. The van der Waals surface area contributed by atoms with E-state index in [9.17, 15) is 4.79 Å². The number of ketones is 1. The molecule has 0 spiro atoms. The van der Waals surface area contributed by atoms with E-state index in [-0.39, 0.29) is 12.6 Å². The van der Waals surface area contributed by atoms with E-state index in [2.05, 4.69) is 5.32 Å². The molecule has 4 rings (SSSR count). The number of Topliss-reactive ketones (excluding diaryl/α,β-unsaturated/α-hetero) is 1. The van der Waals surface area contributed by atoms with Gasteiger partial charge in [0.1, 0.15) is 0 Å². The van der Waals surface area contributed by atoms with E-state index in [1.54, 1.807) is 0 Å². The van der Waals surface area contributed by atoms with E-state index in [0.29, 0.717) is 13.1 Å². The summed E-state index contributed by atoms with van der Waals surface area (Å²) >= 11 is 0. The predicted molar refractivity (Wildman–Crippen MR) is 91.5 cm³/mol. The van der Waals surface area contributed by atoms with E-state index in [1.807, 2.05) is 60.3 Å². The van der Waals surface area contributed by atoms with Crippen LogP contribution in [-0.2, 0) is 13.6 Å². The third-order valence-electron chi connectivity index (χ3n) is 4.25. The van der Waals surface area contributed by atoms with E-state index in [4.69, 9.17) is 9.47 Å². The molecule has 1 aliphatic rings. The van der Waals surface area contributed by atoms with Crippen molar-refractivity contribution in [3.8, 4) is 11.5 Å². The van der Waals surface area contributed by atoms with Crippen molar-refractivity contribution >= 4 is 16.7 Å². The average molecular weight is 322 g/mol. The quantitative estimate of drug-likeness (QED) is 0.734. The fourth-order valence-electron chi connectivity index (χ4n) is 3.03. The number of nitrogens with one attached hydrogen (secondary N) is 1. The number of carbonyl (C=O) groups is 1. The van der Waals surface area contributed by atoms with Gasteiger partial charge in [0.2, 0.25) is 6.79 Å². The molecule has 2 heterocycles. The van der Waals surface area contributed by atoms with Crippen molar-refractivity contribution in [3.63, 3.8) is 0 Å². The summed E-state index contributed by atoms with van der Waals surface area (Å²) in [6, 6.07) is 13.8. The van der Waals surface area contributed by atoms with Crippen molar-refractivity contribution in [1.82, 2.24) is 9.88 Å². The highest BCUT2D eigenvalue weighted by molar-refractivity contribution is 6.09. The van der Waals surface area contributed by atoms with Gasteiger partial charge in [-0.15, -0.1) is 0 Å². The van der Waals surface area contributed by atoms with Crippen molar-refractivity contribution in [3.05, 3.63) is 59.8 Å². The van der Waals surface area contributed by atoms with Crippen molar-refractivity contribution < 1.29 is 14.3 Å². The lowest BCUT2D eigenvalue weighted by Gasteiger charge is -2.05. The minimum absolute atomic E-state index is 0.0903. The molecule has 0 fully saturated rings. The first-order valence-electron chi connectivity index (χ1n) is 7.89. The minimum Gasteiger partial charge on any atom is -0.454 e. The molecule has 0 unspecified atom stereocenters. The summed E-state index contributed by atoms with van der Waals surface area (Å²) in [5.41, 5.74) is 2.88. The molecule has 24 heavy (non-hydrogen) atoms. The molecule has 5 nitrogen and oxygen atoms in total. The van der Waals surface area contributed by atoms with E-state index < -0.39 is 0 Å². The third kappa shape index (κ3) is 2.63. The maximum atomic E-state index is 12.5. The van der Waals surface area contributed by atoms with Crippen molar-refractivity contribution in [1.29, 1.82) is 0 Å². The number of ether oxygens (including phenoxy) is 2. The largest absolute Gasteiger partial charge is 0.454 e. The Morgan fingerprint density at radius 3 is 2.92 bits per heavy atom. The van der Waals surface area contributed by atoms with Crippen LogP contribution < -0.4 is 14.8 Å². The molecule has 1 aliphatic heterocycles. The molecule has 3 aromatic rings. The molecule has 1 N–H and O–H groups in total. The summed E-state index contributed by atoms with van der Waals surface area (Å²) in [5, 5.41) is 4.21. The smallest absolute Gasteiger partial charge is 0.231 e. The Hall–Kier alpha value is -2.79. The van der Waals surface area contributed by atoms with E-state index >= 15 is 0 Å². The highest BCUT2D eigenvalue weighted by Gasteiger charge is 2.15. The van der Waals surface area contributed by atoms with Crippen LogP contribution in [0, 0.1) is 0 Å². The molecule has 0 aliphatic carbocycles. The van der Waals surface area contributed by atoms with Crippen molar-refractivity contribution in [2.24, 2.45) is 7.05 Å². The highest BCUT2D eigenvalue weighted by atomic mass is 16.7. The fourth-order valence-corrected chi connectivity index (χ4v) is 3.03. The number of aryl methyl sites for hydroxylation is 1. The molecular formula is C19H18N2O3. The second-order valence-electron chi connectivity index (χ2n) is 5.89. The molecule has 0 radical (unpaired) electrons. The summed E-state index contributed by atoms with van der Waals surface area (Å²) in [6.45, 7) is 1.17. The first-order valence-corrected chi connectivity index (χ1v) is 7.89. The van der Waals surface area contributed by atoms with Gasteiger partial charge >= 0.3 is 0 Å². The Kier molecular flexibility index (Phi) is 3.70. The number of aromatic nitrogens is 1. The monoisotopic (exact) mass is 322 g/mol. The van der Waals surface area contributed by atoms with Gasteiger partial charge in [-0.3, -0.25) is 4.79 Å². The minimum atomic E-state index is 0.0903. The van der Waals surface area contributed by atoms with Crippen LogP contribution in [0.25, 0.3) is 10.9 Å². The number of hydrogen-bond acceptors (Lipinski definition) is 4. The Balaban J connectivity index is 1.43. The lowest BCUT2D eigenvalue weighted by atomic mass is 10.1. The lowest BCUT2D eigenvalue weighted by molar-refractivity contribution is 0.0992. The number of carbonyl (C=O) groups excluding carboxylic acids is 1. The first kappa shape index (κ1) is 14.8. The standard InChI is InChI=1S/C19H18N2O3/c1-21-11-15(14-4-2-3-5-16(14)21)17(22)10-20-9-13-6-7-18-19(8-13)24-12-23-18/h2-8,11,20H,9-10,12H2,1H3. The van der Waals surface area contributed by atoms with Crippen LogP contribution in [0.15, 0.2) is 48.7 Å². The molecular weight excluding hydrogens is 304 g/mol. The molecule has 5 heteroatoms. The van der Waals surface area contributed by atoms with Crippen LogP contribution in [0.3, 0.4) is 0 Å². The number of para-hydroxylation sites is 1. The highest BCUT2D eigenvalue weighted by Crippen LogP contribution is 2.32. The second kappa shape index (κ2) is 6.02. The molecule has 1 aromatic heterocycles.